The van der Waals surface area contributed by atoms with Gasteiger partial charge in [0.15, 0.2) is 5.01 Å². The van der Waals surface area contributed by atoms with Crippen molar-refractivity contribution in [3.63, 3.8) is 0 Å². The maximum Gasteiger partial charge on any atom is 0.443 e. The fourth-order valence-electron chi connectivity index (χ4n) is 3.09. The lowest BCUT2D eigenvalue weighted by Gasteiger charge is -2.54. The molecule has 20 heavy (non-hydrogen) atoms. The van der Waals surface area contributed by atoms with E-state index in [-0.39, 0.29) is 23.1 Å². The number of carbonyl (C=O) groups excluding carboxylic acids is 1. The number of nitrogens with zero attached hydrogens (tertiary/aromatic N) is 2. The molecule has 0 spiro atoms. The summed E-state index contributed by atoms with van der Waals surface area (Å²) in [7, 11) is 0. The van der Waals surface area contributed by atoms with Gasteiger partial charge in [-0.25, -0.2) is 4.98 Å². The molecule has 3 nitrogen and oxygen atoms in total. The second-order valence-electron chi connectivity index (χ2n) is 6.24. The Morgan fingerprint density at radius 2 is 2.10 bits per heavy atom. The van der Waals surface area contributed by atoms with Crippen LogP contribution in [0, 0.1) is 11.3 Å². The van der Waals surface area contributed by atoms with Crippen molar-refractivity contribution in [2.24, 2.45) is 11.3 Å². The van der Waals surface area contributed by atoms with E-state index in [9.17, 15) is 18.0 Å². The first-order chi connectivity index (χ1) is 9.20. The van der Waals surface area contributed by atoms with E-state index in [1.54, 1.807) is 4.90 Å². The van der Waals surface area contributed by atoms with Crippen molar-refractivity contribution >= 4 is 17.2 Å². The average molecular weight is 304 g/mol. The topological polar surface area (TPSA) is 33.2 Å². The number of alkyl halides is 3. The predicted molar refractivity (Wildman–Crippen MR) is 68.4 cm³/mol. The third kappa shape index (κ3) is 2.21. The molecule has 2 fully saturated rings. The Bertz CT molecular complexity index is 548. The Kier molecular flexibility index (Phi) is 2.90. The fraction of sp³-hybridized carbons (Fsp3) is 0.692. The maximum absolute atomic E-state index is 12.5. The highest BCUT2D eigenvalue weighted by atomic mass is 32.1. The second kappa shape index (κ2) is 4.19. The van der Waals surface area contributed by atoms with E-state index in [2.05, 4.69) is 18.8 Å². The molecule has 1 aromatic rings. The van der Waals surface area contributed by atoms with Crippen molar-refractivity contribution in [3.8, 4) is 0 Å². The molecule has 110 valence electrons. The Hall–Kier alpha value is -1.11. The predicted octanol–water partition coefficient (Wildman–Crippen LogP) is 3.42. The van der Waals surface area contributed by atoms with Crippen LogP contribution in [-0.2, 0) is 6.18 Å². The molecule has 0 unspecified atom stereocenters. The largest absolute Gasteiger partial charge is 0.443 e. The van der Waals surface area contributed by atoms with E-state index < -0.39 is 11.2 Å². The molecule has 0 radical (unpaired) electrons. The minimum Gasteiger partial charge on any atom is -0.333 e. The highest BCUT2D eigenvalue weighted by molar-refractivity contribution is 7.09. The summed E-state index contributed by atoms with van der Waals surface area (Å²) >= 11 is 0.478. The van der Waals surface area contributed by atoms with Crippen LogP contribution in [0.3, 0.4) is 0 Å². The van der Waals surface area contributed by atoms with Gasteiger partial charge in [0.05, 0.1) is 0 Å². The molecule has 1 aromatic heterocycles. The number of hydrogen-bond donors (Lipinski definition) is 0. The molecular weight excluding hydrogens is 289 g/mol. The molecule has 3 rings (SSSR count). The van der Waals surface area contributed by atoms with Gasteiger partial charge in [0, 0.05) is 23.4 Å². The van der Waals surface area contributed by atoms with E-state index in [0.29, 0.717) is 23.8 Å². The van der Waals surface area contributed by atoms with Crippen LogP contribution in [0.4, 0.5) is 13.2 Å². The maximum atomic E-state index is 12.5. The number of halogens is 3. The molecule has 2 aliphatic rings. The van der Waals surface area contributed by atoms with Gasteiger partial charge in [0.2, 0.25) is 0 Å². The molecule has 0 N–H and O–H groups in total. The van der Waals surface area contributed by atoms with Crippen LogP contribution >= 0.6 is 11.3 Å². The number of likely N-dealkylation sites (tertiary alicyclic amines) is 1. The lowest BCUT2D eigenvalue weighted by molar-refractivity contribution is -0.137. The normalized spacial score (nSPS) is 25.4. The molecule has 1 amide bonds. The number of amides is 1. The number of rotatable bonds is 2. The van der Waals surface area contributed by atoms with Crippen molar-refractivity contribution in [1.82, 2.24) is 9.88 Å². The summed E-state index contributed by atoms with van der Waals surface area (Å²) in [6.07, 6.45) is -2.28. The van der Waals surface area contributed by atoms with Crippen molar-refractivity contribution in [2.45, 2.75) is 38.9 Å². The minimum absolute atomic E-state index is 0.0553. The number of aromatic nitrogens is 1. The molecule has 2 heterocycles. The zero-order valence-electron chi connectivity index (χ0n) is 11.2. The monoisotopic (exact) mass is 304 g/mol. The summed E-state index contributed by atoms with van der Waals surface area (Å²) in [5.41, 5.74) is -0.0249. The van der Waals surface area contributed by atoms with E-state index in [4.69, 9.17) is 0 Å². The van der Waals surface area contributed by atoms with Crippen molar-refractivity contribution in [1.29, 1.82) is 0 Å². The van der Waals surface area contributed by atoms with Crippen molar-refractivity contribution < 1.29 is 18.0 Å². The van der Waals surface area contributed by atoms with E-state index >= 15 is 0 Å². The smallest absolute Gasteiger partial charge is 0.333 e. The SMILES string of the molecule is CC1(C)CN(C(=O)c2csc(C(F)(F)F)n2)[C@H]1C1CC1. The standard InChI is InChI=1S/C13H15F3N2OS/c1-12(2)6-18(9(12)7-3-4-7)10(19)8-5-20-11(17-8)13(14,15)16/h5,7,9H,3-4,6H2,1-2H3/t9-/m0/s1. The second-order valence-corrected chi connectivity index (χ2v) is 7.10. The van der Waals surface area contributed by atoms with Gasteiger partial charge in [-0.05, 0) is 18.8 Å². The van der Waals surface area contributed by atoms with Crippen LogP contribution in [0.1, 0.15) is 42.2 Å². The summed E-state index contributed by atoms with van der Waals surface area (Å²) in [4.78, 5) is 17.4. The number of carbonyl (C=O) groups is 1. The van der Waals surface area contributed by atoms with Gasteiger partial charge in [0.1, 0.15) is 5.69 Å². The summed E-state index contributed by atoms with van der Waals surface area (Å²) in [5.74, 6) is 0.136. The molecule has 1 aliphatic carbocycles. The van der Waals surface area contributed by atoms with E-state index in [1.807, 2.05) is 0 Å². The first-order valence-corrected chi connectivity index (χ1v) is 7.42. The Balaban J connectivity index is 1.78. The summed E-state index contributed by atoms with van der Waals surface area (Å²) in [5, 5.41) is 0.254. The molecule has 1 saturated heterocycles. The van der Waals surface area contributed by atoms with E-state index in [1.165, 1.54) is 5.38 Å². The molecule has 1 atom stereocenters. The van der Waals surface area contributed by atoms with Crippen LogP contribution in [0.5, 0.6) is 0 Å². The van der Waals surface area contributed by atoms with Gasteiger partial charge in [-0.3, -0.25) is 4.79 Å². The molecular formula is C13H15F3N2OS. The first kappa shape index (κ1) is 13.9. The summed E-state index contributed by atoms with van der Waals surface area (Å²) in [6, 6.07) is 0.144. The van der Waals surface area contributed by atoms with Gasteiger partial charge in [-0.1, -0.05) is 13.8 Å². The third-order valence-electron chi connectivity index (χ3n) is 4.01. The van der Waals surface area contributed by atoms with Crippen LogP contribution in [0.15, 0.2) is 5.38 Å². The van der Waals surface area contributed by atoms with Gasteiger partial charge in [-0.15, -0.1) is 11.3 Å². The van der Waals surface area contributed by atoms with Gasteiger partial charge >= 0.3 is 6.18 Å². The Labute approximate surface area is 118 Å². The van der Waals surface area contributed by atoms with Gasteiger partial charge in [-0.2, -0.15) is 13.2 Å². The quantitative estimate of drug-likeness (QED) is 0.839. The minimum atomic E-state index is -4.48. The number of thiazole rings is 1. The highest BCUT2D eigenvalue weighted by Gasteiger charge is 2.55. The van der Waals surface area contributed by atoms with E-state index in [0.717, 1.165) is 12.8 Å². The first-order valence-electron chi connectivity index (χ1n) is 6.54. The molecule has 0 bridgehead atoms. The van der Waals surface area contributed by atoms with Crippen molar-refractivity contribution in [3.05, 3.63) is 16.1 Å². The lowest BCUT2D eigenvalue weighted by atomic mass is 9.72. The fourth-order valence-corrected chi connectivity index (χ4v) is 3.75. The molecule has 0 aromatic carbocycles. The Morgan fingerprint density at radius 1 is 1.45 bits per heavy atom. The Morgan fingerprint density at radius 3 is 2.55 bits per heavy atom. The molecule has 1 saturated carbocycles. The number of hydrogen-bond acceptors (Lipinski definition) is 3. The van der Waals surface area contributed by atoms with Crippen LogP contribution < -0.4 is 0 Å². The van der Waals surface area contributed by atoms with Crippen LogP contribution in [0.2, 0.25) is 0 Å². The zero-order valence-corrected chi connectivity index (χ0v) is 12.0. The lowest BCUT2D eigenvalue weighted by Crippen LogP contribution is -2.64. The summed E-state index contributed by atoms with van der Waals surface area (Å²) < 4.78 is 37.6. The average Bonchev–Trinajstić information content (AvgIpc) is 2.97. The van der Waals surface area contributed by atoms with Crippen LogP contribution in [0.25, 0.3) is 0 Å². The highest BCUT2D eigenvalue weighted by Crippen LogP contribution is 2.50. The molecule has 1 aliphatic heterocycles. The van der Waals surface area contributed by atoms with Crippen LogP contribution in [-0.4, -0.2) is 28.4 Å². The zero-order chi connectivity index (χ0) is 14.7. The molecule has 7 heteroatoms. The summed E-state index contributed by atoms with van der Waals surface area (Å²) in [6.45, 7) is 4.79. The van der Waals surface area contributed by atoms with Gasteiger partial charge in [0.25, 0.3) is 5.91 Å². The van der Waals surface area contributed by atoms with Gasteiger partial charge < -0.3 is 4.90 Å². The third-order valence-corrected chi connectivity index (χ3v) is 4.90. The van der Waals surface area contributed by atoms with Crippen molar-refractivity contribution in [2.75, 3.05) is 6.54 Å².